The summed E-state index contributed by atoms with van der Waals surface area (Å²) in [5, 5.41) is 19.2. The number of hydrogen-bond donors (Lipinski definition) is 2. The zero-order chi connectivity index (χ0) is 13.8. The Bertz CT molecular complexity index is 308. The summed E-state index contributed by atoms with van der Waals surface area (Å²) < 4.78 is 0. The molecule has 0 unspecified atom stereocenters. The predicted octanol–water partition coefficient (Wildman–Crippen LogP) is -2.61. The van der Waals surface area contributed by atoms with Crippen LogP contribution < -0.4 is 80.9 Å². The Morgan fingerprint density at radius 2 is 1.50 bits per heavy atom. The third kappa shape index (κ3) is 4.78. The molecule has 0 spiro atoms. The van der Waals surface area contributed by atoms with Crippen molar-refractivity contribution >= 4 is 11.9 Å². The van der Waals surface area contributed by atoms with Crippen LogP contribution in [0.3, 0.4) is 0 Å². The molecule has 1 saturated carbocycles. The van der Waals surface area contributed by atoms with Crippen molar-refractivity contribution in [2.75, 3.05) is 0 Å². The minimum Gasteiger partial charge on any atom is -1.00 e. The second-order valence-electron chi connectivity index (χ2n) is 5.33. The van der Waals surface area contributed by atoms with Gasteiger partial charge >= 0.3 is 92.9 Å². The largest absolute Gasteiger partial charge is 1.00 e. The van der Waals surface area contributed by atoms with Crippen molar-refractivity contribution in [3.8, 4) is 0 Å². The van der Waals surface area contributed by atoms with Gasteiger partial charge in [0.2, 0.25) is 0 Å². The van der Waals surface area contributed by atoms with E-state index in [2.05, 4.69) is 0 Å². The topological polar surface area (TPSA) is 74.6 Å². The van der Waals surface area contributed by atoms with Crippen LogP contribution in [0.4, 0.5) is 0 Å². The Hall–Kier alpha value is 1.58. The molecule has 0 atom stereocenters. The van der Waals surface area contributed by atoms with Crippen LogP contribution in [0.2, 0.25) is 0 Å². The number of carboxylic acid groups (broad SMARTS) is 2. The molecule has 4 nitrogen and oxygen atoms in total. The van der Waals surface area contributed by atoms with Gasteiger partial charge in [0.1, 0.15) is 0 Å². The summed E-state index contributed by atoms with van der Waals surface area (Å²) in [4.78, 5) is 23.5. The van der Waals surface area contributed by atoms with Gasteiger partial charge in [0.05, 0.1) is 0 Å². The van der Waals surface area contributed by atoms with Gasteiger partial charge in [-0.3, -0.25) is 9.59 Å². The normalized spacial score (nSPS) is 16.1. The van der Waals surface area contributed by atoms with Crippen LogP contribution in [-0.4, -0.2) is 22.2 Å². The van der Waals surface area contributed by atoms with Gasteiger partial charge in [-0.05, 0) is 24.7 Å². The van der Waals surface area contributed by atoms with Crippen LogP contribution in [0.25, 0.3) is 0 Å². The van der Waals surface area contributed by atoms with Gasteiger partial charge in [-0.1, -0.05) is 46.0 Å². The van der Waals surface area contributed by atoms with Crippen molar-refractivity contribution in [1.82, 2.24) is 0 Å². The summed E-state index contributed by atoms with van der Waals surface area (Å²) in [5.41, 5.74) is -1.58. The van der Waals surface area contributed by atoms with Gasteiger partial charge < -0.3 is 13.1 Å². The van der Waals surface area contributed by atoms with Crippen molar-refractivity contribution in [2.45, 2.75) is 58.8 Å². The fourth-order valence-corrected chi connectivity index (χ4v) is 3.61. The Balaban J connectivity index is -0.000000405. The van der Waals surface area contributed by atoms with E-state index in [1.807, 2.05) is 13.8 Å². The Labute approximate surface area is 189 Å². The van der Waals surface area contributed by atoms with Gasteiger partial charge in [-0.2, -0.15) is 0 Å². The quantitative estimate of drug-likeness (QED) is 0.415. The molecule has 0 aromatic rings. The number of aliphatic carboxylic acids is 2. The number of carbonyl (C=O) groups is 2. The van der Waals surface area contributed by atoms with Gasteiger partial charge in [-0.15, -0.1) is 0 Å². The first-order chi connectivity index (χ1) is 8.51. The van der Waals surface area contributed by atoms with Gasteiger partial charge in [0, 0.05) is 0 Å². The van der Waals surface area contributed by atoms with Crippen LogP contribution in [-0.2, 0) is 9.59 Å². The van der Waals surface area contributed by atoms with Crippen molar-refractivity contribution in [2.24, 2.45) is 17.3 Å². The van der Waals surface area contributed by atoms with Crippen LogP contribution in [0.1, 0.15) is 61.6 Å². The molecular weight excluding hydrogens is 294 g/mol. The van der Waals surface area contributed by atoms with Crippen LogP contribution in [0, 0.1) is 17.3 Å². The minimum atomic E-state index is -1.58. The fourth-order valence-electron chi connectivity index (χ4n) is 3.61. The number of rotatable bonds is 6. The molecule has 0 heterocycles. The molecule has 0 saturated heterocycles. The molecule has 6 heteroatoms. The summed E-state index contributed by atoms with van der Waals surface area (Å²) in [6.07, 6.45) is 5.66. The molecule has 2 N–H and O–H groups in total. The molecule has 0 aliphatic heterocycles. The van der Waals surface area contributed by atoms with Gasteiger partial charge in [0.25, 0.3) is 0 Å². The van der Waals surface area contributed by atoms with E-state index in [9.17, 15) is 19.8 Å². The summed E-state index contributed by atoms with van der Waals surface area (Å²) in [6, 6.07) is 0. The van der Waals surface area contributed by atoms with E-state index in [1.54, 1.807) is 0 Å². The SMILES string of the molecule is CCC(CC)C(C(=O)O)(C(=O)O)C1CCCCC1.[H-].[H-].[K+].[Na+]. The van der Waals surface area contributed by atoms with Gasteiger partial charge in [-0.25, -0.2) is 0 Å². The maximum Gasteiger partial charge on any atom is 1.00 e. The Kier molecular flexibility index (Phi) is 13.3. The molecule has 0 aromatic carbocycles. The zero-order valence-corrected chi connectivity index (χ0v) is 18.4. The maximum absolute atomic E-state index is 11.7. The molecule has 0 bridgehead atoms. The molecule has 1 fully saturated rings. The number of hydrogen-bond acceptors (Lipinski definition) is 2. The molecule has 0 radical (unpaired) electrons. The summed E-state index contributed by atoms with van der Waals surface area (Å²) in [6.45, 7) is 3.77. The smallest absolute Gasteiger partial charge is 1.00 e. The number of carboxylic acids is 2. The van der Waals surface area contributed by atoms with E-state index in [0.29, 0.717) is 12.8 Å². The van der Waals surface area contributed by atoms with E-state index in [-0.39, 0.29) is 95.6 Å². The summed E-state index contributed by atoms with van der Waals surface area (Å²) in [5.74, 6) is -2.78. The van der Waals surface area contributed by atoms with Crippen molar-refractivity contribution in [3.05, 3.63) is 0 Å². The monoisotopic (exact) mass is 320 g/mol. The fraction of sp³-hybridized carbons (Fsp3) is 0.857. The minimum absolute atomic E-state index is 0. The first-order valence-electron chi connectivity index (χ1n) is 6.98. The summed E-state index contributed by atoms with van der Waals surface area (Å²) >= 11 is 0. The van der Waals surface area contributed by atoms with E-state index in [1.165, 1.54) is 0 Å². The van der Waals surface area contributed by atoms with E-state index in [4.69, 9.17) is 0 Å². The van der Waals surface area contributed by atoms with Crippen molar-refractivity contribution < 1.29 is 104 Å². The molecule has 20 heavy (non-hydrogen) atoms. The van der Waals surface area contributed by atoms with Crippen molar-refractivity contribution in [1.29, 1.82) is 0 Å². The van der Waals surface area contributed by atoms with E-state index in [0.717, 1.165) is 32.1 Å². The molecule has 1 aliphatic carbocycles. The molecular formula is C14H26KNaO4. The predicted molar refractivity (Wildman–Crippen MR) is 70.6 cm³/mol. The molecule has 1 rings (SSSR count). The van der Waals surface area contributed by atoms with E-state index < -0.39 is 17.4 Å². The molecule has 0 aromatic heterocycles. The first kappa shape index (κ1) is 23.8. The van der Waals surface area contributed by atoms with Crippen LogP contribution in [0.15, 0.2) is 0 Å². The third-order valence-corrected chi connectivity index (χ3v) is 4.59. The Morgan fingerprint density at radius 3 is 1.80 bits per heavy atom. The Morgan fingerprint density at radius 1 is 1.10 bits per heavy atom. The second-order valence-corrected chi connectivity index (χ2v) is 5.33. The molecule has 0 amide bonds. The standard InChI is InChI=1S/C14H24O4.K.Na.2H/c1-3-10(4-2)14(12(15)16,13(17)18)11-8-6-5-7-9-11;;;;/h10-11H,3-9H2,1-2H3,(H,15,16)(H,17,18);;;;/q;2*+1;2*-1. The van der Waals surface area contributed by atoms with Crippen LogP contribution >= 0.6 is 0 Å². The average molecular weight is 320 g/mol. The second kappa shape index (κ2) is 11.2. The van der Waals surface area contributed by atoms with Crippen molar-refractivity contribution in [3.63, 3.8) is 0 Å². The molecule has 108 valence electrons. The zero-order valence-electron chi connectivity index (χ0n) is 15.3. The van der Waals surface area contributed by atoms with Crippen LogP contribution in [0.5, 0.6) is 0 Å². The third-order valence-electron chi connectivity index (χ3n) is 4.59. The van der Waals surface area contributed by atoms with E-state index >= 15 is 0 Å². The van der Waals surface area contributed by atoms with Gasteiger partial charge in [0.15, 0.2) is 5.41 Å². The first-order valence-corrected chi connectivity index (χ1v) is 6.98. The maximum atomic E-state index is 11.7. The average Bonchev–Trinajstić information content (AvgIpc) is 2.35. The summed E-state index contributed by atoms with van der Waals surface area (Å²) in [7, 11) is 0. The molecule has 1 aliphatic rings.